The van der Waals surface area contributed by atoms with Gasteiger partial charge < -0.3 is 5.73 Å². The molecule has 0 amide bonds. The topological polar surface area (TPSA) is 85.1 Å². The van der Waals surface area contributed by atoms with E-state index in [-0.39, 0.29) is 0 Å². The van der Waals surface area contributed by atoms with Crippen LogP contribution in [0.5, 0.6) is 0 Å². The summed E-state index contributed by atoms with van der Waals surface area (Å²) in [5, 5.41) is 0. The van der Waals surface area contributed by atoms with Crippen LogP contribution >= 0.6 is 0 Å². The zero-order chi connectivity index (χ0) is 14.9. The Kier molecular flexibility index (Phi) is 3.53. The van der Waals surface area contributed by atoms with E-state index in [4.69, 9.17) is 5.73 Å². The van der Waals surface area contributed by atoms with Crippen molar-refractivity contribution < 1.29 is 21.6 Å². The Hall–Kier alpha value is -2.29. The van der Waals surface area contributed by atoms with Gasteiger partial charge in [-0.1, -0.05) is 0 Å². The summed E-state index contributed by atoms with van der Waals surface area (Å²) in [6.45, 7) is 0. The Morgan fingerprint density at radius 1 is 1.05 bits per heavy atom. The van der Waals surface area contributed by atoms with Gasteiger partial charge in [-0.2, -0.15) is 0 Å². The lowest BCUT2D eigenvalue weighted by Gasteiger charge is -2.11. The number of benzene rings is 1. The third-order valence-corrected chi connectivity index (χ3v) is 3.63. The second kappa shape index (κ2) is 5.00. The number of pyridine rings is 1. The number of nitrogens with two attached hydrogens (primary N) is 1. The van der Waals surface area contributed by atoms with Gasteiger partial charge in [0.2, 0.25) is 0 Å². The van der Waals surface area contributed by atoms with Gasteiger partial charge in [-0.05, 0) is 12.1 Å². The van der Waals surface area contributed by atoms with E-state index < -0.39 is 43.7 Å². The summed E-state index contributed by atoms with van der Waals surface area (Å²) < 4.78 is 64.9. The second-order valence-electron chi connectivity index (χ2n) is 3.80. The number of anilines is 2. The van der Waals surface area contributed by atoms with Crippen LogP contribution in [0.4, 0.5) is 24.5 Å². The van der Waals surface area contributed by atoms with Crippen LogP contribution in [-0.2, 0) is 10.0 Å². The van der Waals surface area contributed by atoms with Crippen molar-refractivity contribution in [2.75, 3.05) is 10.5 Å². The highest BCUT2D eigenvalue weighted by Gasteiger charge is 2.19. The van der Waals surface area contributed by atoms with Gasteiger partial charge in [0.25, 0.3) is 10.0 Å². The van der Waals surface area contributed by atoms with Crippen molar-refractivity contribution in [3.63, 3.8) is 0 Å². The fraction of sp³-hybridized carbons (Fsp3) is 0. The molecule has 1 aromatic heterocycles. The van der Waals surface area contributed by atoms with Gasteiger partial charge in [-0.3, -0.25) is 9.71 Å². The highest BCUT2D eigenvalue weighted by molar-refractivity contribution is 7.92. The van der Waals surface area contributed by atoms with Crippen LogP contribution in [0.25, 0.3) is 0 Å². The van der Waals surface area contributed by atoms with Crippen LogP contribution in [0.1, 0.15) is 0 Å². The third kappa shape index (κ3) is 2.82. The Morgan fingerprint density at radius 2 is 1.75 bits per heavy atom. The van der Waals surface area contributed by atoms with E-state index in [0.29, 0.717) is 12.1 Å². The van der Waals surface area contributed by atoms with E-state index in [2.05, 4.69) is 4.98 Å². The zero-order valence-corrected chi connectivity index (χ0v) is 10.6. The van der Waals surface area contributed by atoms with E-state index in [1.807, 2.05) is 4.72 Å². The standard InChI is InChI=1S/C11H8F3N3O2S/c12-6-2-9(14)11(10(15)3-6)17-20(18,19)8-1-7(13)4-16-5-8/h1-5,17H,15H2. The van der Waals surface area contributed by atoms with Gasteiger partial charge in [0.05, 0.1) is 11.9 Å². The van der Waals surface area contributed by atoms with Crippen LogP contribution < -0.4 is 10.5 Å². The number of hydrogen-bond acceptors (Lipinski definition) is 4. The summed E-state index contributed by atoms with van der Waals surface area (Å²) in [6, 6.07) is 1.93. The molecule has 9 heteroatoms. The second-order valence-corrected chi connectivity index (χ2v) is 5.48. The quantitative estimate of drug-likeness (QED) is 0.848. The lowest BCUT2D eigenvalue weighted by Crippen LogP contribution is -2.16. The van der Waals surface area contributed by atoms with Crippen molar-refractivity contribution >= 4 is 21.4 Å². The maximum Gasteiger partial charge on any atom is 0.263 e. The fourth-order valence-electron chi connectivity index (χ4n) is 1.43. The number of aromatic nitrogens is 1. The molecular weight excluding hydrogens is 295 g/mol. The zero-order valence-electron chi connectivity index (χ0n) is 9.77. The number of halogens is 3. The molecule has 0 bridgehead atoms. The predicted octanol–water partition coefficient (Wildman–Crippen LogP) is 1.88. The monoisotopic (exact) mass is 303 g/mol. The van der Waals surface area contributed by atoms with E-state index in [1.165, 1.54) is 0 Å². The van der Waals surface area contributed by atoms with E-state index in [1.54, 1.807) is 0 Å². The Balaban J connectivity index is 2.44. The molecule has 0 atom stereocenters. The molecular formula is C11H8F3N3O2S. The Labute approximate surface area is 112 Å². The molecule has 0 aliphatic carbocycles. The molecule has 2 aromatic rings. The third-order valence-electron chi connectivity index (χ3n) is 2.31. The first-order valence-electron chi connectivity index (χ1n) is 5.17. The van der Waals surface area contributed by atoms with Gasteiger partial charge in [0.15, 0.2) is 5.82 Å². The molecule has 1 aromatic carbocycles. The highest BCUT2D eigenvalue weighted by atomic mass is 32.2. The van der Waals surface area contributed by atoms with Crippen molar-refractivity contribution in [2.24, 2.45) is 0 Å². The molecule has 0 aliphatic heterocycles. The van der Waals surface area contributed by atoms with Gasteiger partial charge in [0.1, 0.15) is 22.2 Å². The Bertz CT molecular complexity index is 742. The molecule has 106 valence electrons. The molecule has 2 rings (SSSR count). The molecule has 0 saturated heterocycles. The molecule has 0 unspecified atom stereocenters. The molecule has 0 aliphatic rings. The lowest BCUT2D eigenvalue weighted by molar-refractivity contribution is 0.582. The predicted molar refractivity (Wildman–Crippen MR) is 65.8 cm³/mol. The van der Waals surface area contributed by atoms with Crippen LogP contribution in [-0.4, -0.2) is 13.4 Å². The lowest BCUT2D eigenvalue weighted by atomic mass is 10.2. The maximum atomic E-state index is 13.5. The first-order valence-corrected chi connectivity index (χ1v) is 6.66. The number of nitrogen functional groups attached to an aromatic ring is 1. The Morgan fingerprint density at radius 3 is 2.35 bits per heavy atom. The fourth-order valence-corrected chi connectivity index (χ4v) is 2.50. The van der Waals surface area contributed by atoms with Crippen LogP contribution in [0.3, 0.4) is 0 Å². The summed E-state index contributed by atoms with van der Waals surface area (Å²) in [5.74, 6) is -3.01. The summed E-state index contributed by atoms with van der Waals surface area (Å²) in [7, 11) is -4.29. The van der Waals surface area contributed by atoms with Gasteiger partial charge in [-0.15, -0.1) is 0 Å². The number of nitrogens with zero attached hydrogens (tertiary/aromatic N) is 1. The molecule has 5 nitrogen and oxygen atoms in total. The van der Waals surface area contributed by atoms with E-state index in [9.17, 15) is 21.6 Å². The summed E-state index contributed by atoms with van der Waals surface area (Å²) in [5.41, 5.74) is 4.29. The molecule has 1 heterocycles. The van der Waals surface area contributed by atoms with Gasteiger partial charge in [0, 0.05) is 12.3 Å². The van der Waals surface area contributed by atoms with E-state index in [0.717, 1.165) is 18.5 Å². The largest absolute Gasteiger partial charge is 0.397 e. The maximum absolute atomic E-state index is 13.5. The molecule has 0 fully saturated rings. The molecule has 20 heavy (non-hydrogen) atoms. The summed E-state index contributed by atoms with van der Waals surface area (Å²) in [4.78, 5) is 2.86. The smallest absolute Gasteiger partial charge is 0.263 e. The van der Waals surface area contributed by atoms with Crippen LogP contribution in [0.2, 0.25) is 0 Å². The molecule has 0 radical (unpaired) electrons. The number of rotatable bonds is 3. The minimum Gasteiger partial charge on any atom is -0.397 e. The normalized spacial score (nSPS) is 11.3. The van der Waals surface area contributed by atoms with Crippen molar-refractivity contribution in [3.8, 4) is 0 Å². The van der Waals surface area contributed by atoms with Crippen molar-refractivity contribution in [2.45, 2.75) is 4.90 Å². The molecule has 3 N–H and O–H groups in total. The molecule has 0 spiro atoms. The van der Waals surface area contributed by atoms with Gasteiger partial charge in [-0.25, -0.2) is 21.6 Å². The summed E-state index contributed by atoms with van der Waals surface area (Å²) >= 11 is 0. The highest BCUT2D eigenvalue weighted by Crippen LogP contribution is 2.26. The number of hydrogen-bond donors (Lipinski definition) is 2. The first-order chi connectivity index (χ1) is 9.29. The average Bonchev–Trinajstić information content (AvgIpc) is 2.34. The van der Waals surface area contributed by atoms with Crippen molar-refractivity contribution in [1.82, 2.24) is 4.98 Å². The van der Waals surface area contributed by atoms with Crippen LogP contribution in [0.15, 0.2) is 35.5 Å². The van der Waals surface area contributed by atoms with Crippen molar-refractivity contribution in [3.05, 3.63) is 48.0 Å². The summed E-state index contributed by atoms with van der Waals surface area (Å²) in [6.07, 6.45) is 1.69. The van der Waals surface area contributed by atoms with Crippen molar-refractivity contribution in [1.29, 1.82) is 0 Å². The van der Waals surface area contributed by atoms with E-state index >= 15 is 0 Å². The van der Waals surface area contributed by atoms with Crippen LogP contribution in [0, 0.1) is 17.5 Å². The minimum absolute atomic E-state index is 0.435. The average molecular weight is 303 g/mol. The first kappa shape index (κ1) is 14.1. The SMILES string of the molecule is Nc1cc(F)cc(F)c1NS(=O)(=O)c1cncc(F)c1. The number of sulfonamides is 1. The number of nitrogens with one attached hydrogen (secondary N) is 1. The minimum atomic E-state index is -4.29. The molecule has 0 saturated carbocycles. The van der Waals surface area contributed by atoms with Gasteiger partial charge >= 0.3 is 0 Å².